The molecule has 0 bridgehead atoms. The summed E-state index contributed by atoms with van der Waals surface area (Å²) in [5.41, 5.74) is 0.500. The number of carbonyl (C=O) groups is 3. The topological polar surface area (TPSA) is 103 Å². The molecule has 2 aromatic carbocycles. The minimum atomic E-state index is -0.858. The minimum Gasteiger partial charge on any atom is -0.493 e. The zero-order chi connectivity index (χ0) is 24.8. The van der Waals surface area contributed by atoms with Gasteiger partial charge in [0.05, 0.1) is 33.1 Å². The SMILES string of the molecule is CCCOc1ccc(N2C(=O)NC(=O)/C(=C\c3cc(OC)c(OC)cc3Br)C2=O)cc1OCC. The van der Waals surface area contributed by atoms with Crippen molar-refractivity contribution in [3.8, 4) is 23.0 Å². The van der Waals surface area contributed by atoms with E-state index in [1.54, 1.807) is 24.3 Å². The third-order valence-electron chi connectivity index (χ3n) is 4.85. The number of hydrogen-bond acceptors (Lipinski definition) is 7. The molecule has 1 aliphatic heterocycles. The van der Waals surface area contributed by atoms with E-state index in [-0.39, 0.29) is 11.3 Å². The fourth-order valence-electron chi connectivity index (χ4n) is 3.26. The highest BCUT2D eigenvalue weighted by Crippen LogP contribution is 2.36. The Morgan fingerprint density at radius 3 is 2.29 bits per heavy atom. The van der Waals surface area contributed by atoms with E-state index in [0.29, 0.717) is 46.2 Å². The summed E-state index contributed by atoms with van der Waals surface area (Å²) in [6.45, 7) is 4.65. The van der Waals surface area contributed by atoms with E-state index in [4.69, 9.17) is 18.9 Å². The van der Waals surface area contributed by atoms with Gasteiger partial charge in [-0.3, -0.25) is 14.9 Å². The molecule has 1 heterocycles. The number of rotatable bonds is 9. The molecule has 1 saturated heterocycles. The van der Waals surface area contributed by atoms with Gasteiger partial charge in [0.25, 0.3) is 11.8 Å². The van der Waals surface area contributed by atoms with E-state index in [1.165, 1.54) is 26.4 Å². The smallest absolute Gasteiger partial charge is 0.335 e. The van der Waals surface area contributed by atoms with E-state index in [9.17, 15) is 14.4 Å². The number of imide groups is 2. The number of urea groups is 1. The summed E-state index contributed by atoms with van der Waals surface area (Å²) in [6, 6.07) is 7.13. The van der Waals surface area contributed by atoms with Gasteiger partial charge < -0.3 is 18.9 Å². The number of barbiturate groups is 1. The molecule has 9 nitrogen and oxygen atoms in total. The summed E-state index contributed by atoms with van der Waals surface area (Å²) in [5.74, 6) is 0.193. The minimum absolute atomic E-state index is 0.225. The van der Waals surface area contributed by atoms with Crippen molar-refractivity contribution in [2.24, 2.45) is 0 Å². The van der Waals surface area contributed by atoms with Gasteiger partial charge in [-0.2, -0.15) is 0 Å². The molecule has 10 heteroatoms. The Balaban J connectivity index is 2.02. The molecule has 0 radical (unpaired) electrons. The molecule has 0 aromatic heterocycles. The first-order chi connectivity index (χ1) is 16.3. The largest absolute Gasteiger partial charge is 0.493 e. The summed E-state index contributed by atoms with van der Waals surface area (Å²) in [4.78, 5) is 39.4. The van der Waals surface area contributed by atoms with Crippen LogP contribution in [0.1, 0.15) is 25.8 Å². The zero-order valence-electron chi connectivity index (χ0n) is 19.3. The number of benzene rings is 2. The van der Waals surface area contributed by atoms with E-state index in [0.717, 1.165) is 11.3 Å². The summed E-state index contributed by atoms with van der Waals surface area (Å²) in [7, 11) is 2.98. The number of anilines is 1. The van der Waals surface area contributed by atoms with Crippen molar-refractivity contribution < 1.29 is 33.3 Å². The van der Waals surface area contributed by atoms with Crippen LogP contribution in [0.5, 0.6) is 23.0 Å². The van der Waals surface area contributed by atoms with Crippen molar-refractivity contribution >= 4 is 45.5 Å². The molecule has 180 valence electrons. The summed E-state index contributed by atoms with van der Waals surface area (Å²) < 4.78 is 22.5. The van der Waals surface area contributed by atoms with Crippen LogP contribution in [0.3, 0.4) is 0 Å². The Kier molecular flexibility index (Phi) is 8.17. The van der Waals surface area contributed by atoms with Gasteiger partial charge in [-0.25, -0.2) is 9.69 Å². The monoisotopic (exact) mass is 532 g/mol. The van der Waals surface area contributed by atoms with Crippen LogP contribution in [0.2, 0.25) is 0 Å². The van der Waals surface area contributed by atoms with Gasteiger partial charge in [0.2, 0.25) is 0 Å². The lowest BCUT2D eigenvalue weighted by atomic mass is 10.1. The highest BCUT2D eigenvalue weighted by Gasteiger charge is 2.37. The van der Waals surface area contributed by atoms with E-state index in [2.05, 4.69) is 21.2 Å². The summed E-state index contributed by atoms with van der Waals surface area (Å²) in [5, 5.41) is 2.22. The first-order valence-electron chi connectivity index (χ1n) is 10.6. The van der Waals surface area contributed by atoms with Crippen LogP contribution in [-0.4, -0.2) is 45.3 Å². The van der Waals surface area contributed by atoms with Gasteiger partial charge in [0.15, 0.2) is 23.0 Å². The average Bonchev–Trinajstić information content (AvgIpc) is 2.81. The van der Waals surface area contributed by atoms with E-state index >= 15 is 0 Å². The molecule has 0 aliphatic carbocycles. The van der Waals surface area contributed by atoms with Crippen molar-refractivity contribution in [3.05, 3.63) is 45.9 Å². The Bertz CT molecular complexity index is 1150. The molecule has 0 spiro atoms. The number of amides is 4. The normalized spacial score (nSPS) is 14.8. The van der Waals surface area contributed by atoms with E-state index < -0.39 is 17.8 Å². The Hall–Kier alpha value is -3.53. The average molecular weight is 533 g/mol. The molecule has 0 saturated carbocycles. The van der Waals surface area contributed by atoms with Crippen molar-refractivity contribution in [1.29, 1.82) is 0 Å². The van der Waals surface area contributed by atoms with Crippen molar-refractivity contribution in [1.82, 2.24) is 5.32 Å². The standard InChI is InChI=1S/C24H25BrN2O7/c1-5-9-34-18-8-7-15(12-21(18)33-6-2)27-23(29)16(22(28)26-24(27)30)10-14-11-19(31-3)20(32-4)13-17(14)25/h7-8,10-13H,5-6,9H2,1-4H3,(H,26,28,30)/b16-10+. The van der Waals surface area contributed by atoms with Gasteiger partial charge in [-0.05, 0) is 49.2 Å². The third kappa shape index (κ3) is 5.17. The first-order valence-corrected chi connectivity index (χ1v) is 11.4. The molecule has 1 N–H and O–H groups in total. The molecule has 0 atom stereocenters. The van der Waals surface area contributed by atoms with Crippen LogP contribution in [-0.2, 0) is 9.59 Å². The van der Waals surface area contributed by atoms with E-state index in [1.807, 2.05) is 13.8 Å². The van der Waals surface area contributed by atoms with Crippen molar-refractivity contribution in [3.63, 3.8) is 0 Å². The van der Waals surface area contributed by atoms with Gasteiger partial charge in [0, 0.05) is 10.5 Å². The van der Waals surface area contributed by atoms with Crippen LogP contribution in [0.15, 0.2) is 40.4 Å². The number of nitrogens with one attached hydrogen (secondary N) is 1. The van der Waals surface area contributed by atoms with Gasteiger partial charge in [-0.1, -0.05) is 22.9 Å². The number of nitrogens with zero attached hydrogens (tertiary/aromatic N) is 1. The predicted molar refractivity (Wildman–Crippen MR) is 130 cm³/mol. The molecule has 0 unspecified atom stereocenters. The van der Waals surface area contributed by atoms with Crippen LogP contribution in [0.25, 0.3) is 6.08 Å². The van der Waals surface area contributed by atoms with Gasteiger partial charge >= 0.3 is 6.03 Å². The zero-order valence-corrected chi connectivity index (χ0v) is 20.9. The Morgan fingerprint density at radius 1 is 0.941 bits per heavy atom. The van der Waals surface area contributed by atoms with Crippen LogP contribution in [0, 0.1) is 0 Å². The number of halogens is 1. The highest BCUT2D eigenvalue weighted by atomic mass is 79.9. The number of methoxy groups -OCH3 is 2. The van der Waals surface area contributed by atoms with Crippen molar-refractivity contribution in [2.45, 2.75) is 20.3 Å². The lowest BCUT2D eigenvalue weighted by Gasteiger charge is -2.27. The van der Waals surface area contributed by atoms with Crippen LogP contribution < -0.4 is 29.2 Å². The summed E-state index contributed by atoms with van der Waals surface area (Å²) in [6.07, 6.45) is 2.19. The first kappa shape index (κ1) is 25.1. The quantitative estimate of drug-likeness (QED) is 0.378. The molecule has 3 rings (SSSR count). The lowest BCUT2D eigenvalue weighted by Crippen LogP contribution is -2.54. The maximum absolute atomic E-state index is 13.3. The molecule has 2 aromatic rings. The molecule has 1 aliphatic rings. The fourth-order valence-corrected chi connectivity index (χ4v) is 3.70. The Labute approximate surface area is 205 Å². The number of ether oxygens (including phenoxy) is 4. The highest BCUT2D eigenvalue weighted by molar-refractivity contribution is 9.10. The maximum atomic E-state index is 13.3. The summed E-state index contributed by atoms with van der Waals surface area (Å²) >= 11 is 3.41. The van der Waals surface area contributed by atoms with Crippen molar-refractivity contribution in [2.75, 3.05) is 32.3 Å². The molecular formula is C24H25BrN2O7. The third-order valence-corrected chi connectivity index (χ3v) is 5.54. The molecule has 1 fully saturated rings. The second-order valence-corrected chi connectivity index (χ2v) is 7.95. The second kappa shape index (κ2) is 11.1. The van der Waals surface area contributed by atoms with Gasteiger partial charge in [-0.15, -0.1) is 0 Å². The Morgan fingerprint density at radius 2 is 1.65 bits per heavy atom. The van der Waals surface area contributed by atoms with Crippen LogP contribution >= 0.6 is 15.9 Å². The van der Waals surface area contributed by atoms with Gasteiger partial charge in [0.1, 0.15) is 5.57 Å². The van der Waals surface area contributed by atoms with Crippen LogP contribution in [0.4, 0.5) is 10.5 Å². The molecule has 4 amide bonds. The molecular weight excluding hydrogens is 508 g/mol. The number of carbonyl (C=O) groups excluding carboxylic acids is 3. The lowest BCUT2D eigenvalue weighted by molar-refractivity contribution is -0.122. The predicted octanol–water partition coefficient (Wildman–Crippen LogP) is 4.32. The maximum Gasteiger partial charge on any atom is 0.335 e. The second-order valence-electron chi connectivity index (χ2n) is 7.10. The fraction of sp³-hybridized carbons (Fsp3) is 0.292. The number of hydrogen-bond donors (Lipinski definition) is 1. The molecule has 34 heavy (non-hydrogen) atoms.